The van der Waals surface area contributed by atoms with Crippen LogP contribution in [0.2, 0.25) is 0 Å². The van der Waals surface area contributed by atoms with Gasteiger partial charge in [-0.2, -0.15) is 0 Å². The van der Waals surface area contributed by atoms with Crippen LogP contribution in [-0.4, -0.2) is 33.8 Å². The summed E-state index contributed by atoms with van der Waals surface area (Å²) in [6, 6.07) is 4.14. The number of fused-ring (bicyclic) bond motifs is 1. The Kier molecular flexibility index (Phi) is 4.42. The Bertz CT molecular complexity index is 936. The van der Waals surface area contributed by atoms with E-state index in [4.69, 9.17) is 9.26 Å². The number of halogens is 1. The van der Waals surface area contributed by atoms with E-state index in [-0.39, 0.29) is 30.2 Å². The molecule has 0 spiro atoms. The molecule has 0 aliphatic carbocycles. The summed E-state index contributed by atoms with van der Waals surface area (Å²) in [5.41, 5.74) is 0.897. The molecule has 2 aromatic heterocycles. The first-order valence-corrected chi connectivity index (χ1v) is 8.51. The monoisotopic (exact) mass is 358 g/mol. The maximum absolute atomic E-state index is 13.4. The highest BCUT2D eigenvalue weighted by atomic mass is 19.1. The van der Waals surface area contributed by atoms with E-state index in [1.807, 2.05) is 17.8 Å². The fraction of sp³-hybridized carbons (Fsp3) is 0.389. The number of carbonyl (C=O) groups is 1. The van der Waals surface area contributed by atoms with Gasteiger partial charge in [0, 0.05) is 43.9 Å². The second-order valence-electron chi connectivity index (χ2n) is 6.49. The molecule has 3 aromatic rings. The SMILES string of the molecule is Cn1ccnc1[C@@H]1OCC[C@H]1CNC(=O)Cc1noc2ccc(F)cc12. The summed E-state index contributed by atoms with van der Waals surface area (Å²) in [6.07, 6.45) is 4.38. The lowest BCUT2D eigenvalue weighted by atomic mass is 10.0. The molecule has 0 radical (unpaired) electrons. The molecule has 2 atom stereocenters. The Morgan fingerprint density at radius 1 is 1.46 bits per heavy atom. The van der Waals surface area contributed by atoms with Crippen molar-refractivity contribution in [3.8, 4) is 0 Å². The van der Waals surface area contributed by atoms with Gasteiger partial charge in [0.2, 0.25) is 5.91 Å². The van der Waals surface area contributed by atoms with Crippen molar-refractivity contribution in [3.63, 3.8) is 0 Å². The summed E-state index contributed by atoms with van der Waals surface area (Å²) < 4.78 is 26.3. The second kappa shape index (κ2) is 6.87. The van der Waals surface area contributed by atoms with Crippen LogP contribution in [0.25, 0.3) is 11.0 Å². The molecule has 8 heteroatoms. The van der Waals surface area contributed by atoms with Gasteiger partial charge in [-0.25, -0.2) is 9.37 Å². The zero-order chi connectivity index (χ0) is 18.1. The molecule has 0 saturated carbocycles. The summed E-state index contributed by atoms with van der Waals surface area (Å²) >= 11 is 0. The highest BCUT2D eigenvalue weighted by Crippen LogP contribution is 2.32. The van der Waals surface area contributed by atoms with E-state index in [9.17, 15) is 9.18 Å². The second-order valence-corrected chi connectivity index (χ2v) is 6.49. The summed E-state index contributed by atoms with van der Waals surface area (Å²) in [5, 5.41) is 7.33. The molecule has 3 heterocycles. The number of amides is 1. The maximum Gasteiger partial charge on any atom is 0.226 e. The molecule has 4 rings (SSSR count). The summed E-state index contributed by atoms with van der Waals surface area (Å²) in [7, 11) is 1.93. The number of carbonyl (C=O) groups excluding carboxylic acids is 1. The average Bonchev–Trinajstić information content (AvgIpc) is 3.33. The van der Waals surface area contributed by atoms with Gasteiger partial charge in [-0.3, -0.25) is 4.79 Å². The minimum absolute atomic E-state index is 0.0388. The number of aromatic nitrogens is 3. The van der Waals surface area contributed by atoms with E-state index < -0.39 is 0 Å². The van der Waals surface area contributed by atoms with Gasteiger partial charge in [-0.05, 0) is 24.6 Å². The van der Waals surface area contributed by atoms with Gasteiger partial charge in [0.1, 0.15) is 23.4 Å². The van der Waals surface area contributed by atoms with Gasteiger partial charge in [0.25, 0.3) is 0 Å². The molecule has 1 aliphatic rings. The molecule has 1 aliphatic heterocycles. The lowest BCUT2D eigenvalue weighted by Crippen LogP contribution is -2.32. The van der Waals surface area contributed by atoms with Crippen molar-refractivity contribution in [1.29, 1.82) is 0 Å². The van der Waals surface area contributed by atoms with Crippen LogP contribution < -0.4 is 5.32 Å². The molecule has 136 valence electrons. The van der Waals surface area contributed by atoms with Crippen LogP contribution in [0.5, 0.6) is 0 Å². The van der Waals surface area contributed by atoms with E-state index in [1.165, 1.54) is 18.2 Å². The zero-order valence-electron chi connectivity index (χ0n) is 14.3. The predicted molar refractivity (Wildman–Crippen MR) is 90.7 cm³/mol. The standard InChI is InChI=1S/C18H19FN4O3/c1-23-6-5-20-18(23)17-11(4-7-25-17)10-21-16(24)9-14-13-8-12(19)2-3-15(13)26-22-14/h2-3,5-6,8,11,17H,4,7,9-10H2,1H3,(H,21,24)/t11-,17+/m0/s1. The Morgan fingerprint density at radius 3 is 3.15 bits per heavy atom. The predicted octanol–water partition coefficient (Wildman–Crippen LogP) is 2.14. The lowest BCUT2D eigenvalue weighted by molar-refractivity contribution is -0.120. The average molecular weight is 358 g/mol. The number of aryl methyl sites for hydroxylation is 1. The van der Waals surface area contributed by atoms with Crippen molar-refractivity contribution >= 4 is 16.9 Å². The van der Waals surface area contributed by atoms with E-state index in [0.717, 1.165) is 12.2 Å². The molecule has 0 bridgehead atoms. The summed E-state index contributed by atoms with van der Waals surface area (Å²) in [5.74, 6) is 0.449. The number of nitrogens with one attached hydrogen (secondary N) is 1. The van der Waals surface area contributed by atoms with Crippen LogP contribution in [0.1, 0.15) is 24.0 Å². The van der Waals surface area contributed by atoms with Gasteiger partial charge in [0.05, 0.1) is 6.42 Å². The van der Waals surface area contributed by atoms with Crippen molar-refractivity contribution in [3.05, 3.63) is 47.9 Å². The lowest BCUT2D eigenvalue weighted by Gasteiger charge is -2.18. The van der Waals surface area contributed by atoms with E-state index >= 15 is 0 Å². The molecule has 1 N–H and O–H groups in total. The maximum atomic E-state index is 13.4. The molecule has 0 unspecified atom stereocenters. The fourth-order valence-corrected chi connectivity index (χ4v) is 3.33. The third-order valence-corrected chi connectivity index (χ3v) is 4.72. The Labute approximate surface area is 149 Å². The Hall–Kier alpha value is -2.74. The highest BCUT2D eigenvalue weighted by molar-refractivity contribution is 5.86. The highest BCUT2D eigenvalue weighted by Gasteiger charge is 2.32. The topological polar surface area (TPSA) is 82.2 Å². The Morgan fingerprint density at radius 2 is 2.35 bits per heavy atom. The molecular weight excluding hydrogens is 339 g/mol. The third-order valence-electron chi connectivity index (χ3n) is 4.72. The zero-order valence-corrected chi connectivity index (χ0v) is 14.3. The minimum Gasteiger partial charge on any atom is -0.370 e. The van der Waals surface area contributed by atoms with Crippen molar-refractivity contribution in [2.75, 3.05) is 13.2 Å². The minimum atomic E-state index is -0.386. The van der Waals surface area contributed by atoms with Crippen molar-refractivity contribution in [2.45, 2.75) is 18.9 Å². The van der Waals surface area contributed by atoms with Gasteiger partial charge < -0.3 is 19.1 Å². The van der Waals surface area contributed by atoms with Gasteiger partial charge in [-0.1, -0.05) is 5.16 Å². The van der Waals surface area contributed by atoms with Gasteiger partial charge in [0.15, 0.2) is 5.58 Å². The number of benzene rings is 1. The Balaban J connectivity index is 1.39. The molecular formula is C18H19FN4O3. The van der Waals surface area contributed by atoms with Crippen LogP contribution in [-0.2, 0) is 23.0 Å². The van der Waals surface area contributed by atoms with Crippen LogP contribution in [0.3, 0.4) is 0 Å². The first-order valence-electron chi connectivity index (χ1n) is 8.51. The molecule has 1 amide bonds. The molecule has 1 aromatic carbocycles. The number of hydrogen-bond acceptors (Lipinski definition) is 5. The molecule has 1 saturated heterocycles. The van der Waals surface area contributed by atoms with E-state index in [2.05, 4.69) is 15.5 Å². The largest absolute Gasteiger partial charge is 0.370 e. The van der Waals surface area contributed by atoms with Crippen molar-refractivity contribution in [1.82, 2.24) is 20.0 Å². The van der Waals surface area contributed by atoms with Crippen molar-refractivity contribution < 1.29 is 18.4 Å². The molecule has 26 heavy (non-hydrogen) atoms. The van der Waals surface area contributed by atoms with E-state index in [1.54, 1.807) is 6.20 Å². The quantitative estimate of drug-likeness (QED) is 0.756. The fourth-order valence-electron chi connectivity index (χ4n) is 3.33. The van der Waals surface area contributed by atoms with Crippen LogP contribution >= 0.6 is 0 Å². The van der Waals surface area contributed by atoms with Crippen molar-refractivity contribution in [2.24, 2.45) is 13.0 Å². The van der Waals surface area contributed by atoms with Crippen LogP contribution in [0.15, 0.2) is 35.1 Å². The first kappa shape index (κ1) is 16.7. The number of nitrogens with zero attached hydrogens (tertiary/aromatic N) is 3. The molecule has 1 fully saturated rings. The number of rotatable bonds is 5. The van der Waals surface area contributed by atoms with Gasteiger partial charge in [-0.15, -0.1) is 0 Å². The van der Waals surface area contributed by atoms with Crippen LogP contribution in [0.4, 0.5) is 4.39 Å². The summed E-state index contributed by atoms with van der Waals surface area (Å²) in [4.78, 5) is 16.7. The normalized spacial score (nSPS) is 19.9. The van der Waals surface area contributed by atoms with Crippen LogP contribution in [0, 0.1) is 11.7 Å². The first-order chi connectivity index (χ1) is 12.6. The summed E-state index contributed by atoms with van der Waals surface area (Å²) in [6.45, 7) is 1.13. The smallest absolute Gasteiger partial charge is 0.226 e. The van der Waals surface area contributed by atoms with Gasteiger partial charge >= 0.3 is 0 Å². The van der Waals surface area contributed by atoms with E-state index in [0.29, 0.717) is 29.8 Å². The number of hydrogen-bond donors (Lipinski definition) is 1. The number of imidazole rings is 1. The number of ether oxygens (including phenoxy) is 1. The molecule has 7 nitrogen and oxygen atoms in total. The third kappa shape index (κ3) is 3.20.